The molecule has 0 saturated carbocycles. The number of methoxy groups -OCH3 is 1. The second-order valence-corrected chi connectivity index (χ2v) is 4.32. The van der Waals surface area contributed by atoms with E-state index in [1.807, 2.05) is 9.69 Å². The molecule has 2 aliphatic rings. The number of ether oxygens (including phenoxy) is 1. The van der Waals surface area contributed by atoms with Gasteiger partial charge in [0, 0.05) is 31.8 Å². The Balaban J connectivity index is 2.35. The van der Waals surface area contributed by atoms with Gasteiger partial charge in [-0.3, -0.25) is 19.3 Å². The molecule has 6 heteroatoms. The second-order valence-electron chi connectivity index (χ2n) is 4.32. The fourth-order valence-corrected chi connectivity index (χ4v) is 2.49. The zero-order valence-electron chi connectivity index (χ0n) is 9.77. The SMILES string of the molecule is COc1c2n3c(cc1=O)CCN3CN(C)C2=O. The first-order valence-electron chi connectivity index (χ1n) is 5.47. The van der Waals surface area contributed by atoms with Crippen molar-refractivity contribution in [1.82, 2.24) is 9.58 Å². The summed E-state index contributed by atoms with van der Waals surface area (Å²) in [6.07, 6.45) is 0.785. The van der Waals surface area contributed by atoms with Crippen LogP contribution in [0.25, 0.3) is 0 Å². The minimum atomic E-state index is -0.223. The van der Waals surface area contributed by atoms with Crippen LogP contribution in [-0.4, -0.2) is 42.9 Å². The fraction of sp³-hybridized carbons (Fsp3) is 0.455. The highest BCUT2D eigenvalue weighted by Gasteiger charge is 2.35. The Morgan fingerprint density at radius 1 is 1.35 bits per heavy atom. The highest BCUT2D eigenvalue weighted by atomic mass is 16.5. The van der Waals surface area contributed by atoms with E-state index < -0.39 is 0 Å². The third kappa shape index (κ3) is 1.20. The van der Waals surface area contributed by atoms with E-state index in [0.717, 1.165) is 18.7 Å². The Hall–Kier alpha value is -1.98. The van der Waals surface area contributed by atoms with Crippen LogP contribution < -0.4 is 15.2 Å². The molecule has 0 aliphatic carbocycles. The van der Waals surface area contributed by atoms with E-state index in [0.29, 0.717) is 12.4 Å². The summed E-state index contributed by atoms with van der Waals surface area (Å²) >= 11 is 0. The maximum Gasteiger partial charge on any atom is 0.277 e. The molecule has 90 valence electrons. The maximum atomic E-state index is 12.1. The van der Waals surface area contributed by atoms with Crippen molar-refractivity contribution in [2.45, 2.75) is 6.42 Å². The van der Waals surface area contributed by atoms with Crippen molar-refractivity contribution in [2.75, 3.05) is 32.4 Å². The summed E-state index contributed by atoms with van der Waals surface area (Å²) in [5.41, 5.74) is 1.01. The van der Waals surface area contributed by atoms with Gasteiger partial charge in [0.25, 0.3) is 5.91 Å². The molecule has 0 fully saturated rings. The highest BCUT2D eigenvalue weighted by molar-refractivity contribution is 5.96. The predicted molar refractivity (Wildman–Crippen MR) is 61.0 cm³/mol. The van der Waals surface area contributed by atoms with Gasteiger partial charge in [-0.25, -0.2) is 0 Å². The van der Waals surface area contributed by atoms with Crippen LogP contribution in [0.15, 0.2) is 10.9 Å². The minimum Gasteiger partial charge on any atom is -0.491 e. The molecule has 0 atom stereocenters. The van der Waals surface area contributed by atoms with Gasteiger partial charge in [0.15, 0.2) is 11.4 Å². The molecule has 2 aliphatic heterocycles. The molecule has 0 radical (unpaired) electrons. The van der Waals surface area contributed by atoms with Crippen molar-refractivity contribution in [3.05, 3.63) is 27.7 Å². The molecule has 0 bridgehead atoms. The van der Waals surface area contributed by atoms with Gasteiger partial charge in [0.05, 0.1) is 7.11 Å². The number of carbonyl (C=O) groups excluding carboxylic acids is 1. The lowest BCUT2D eigenvalue weighted by molar-refractivity contribution is 0.0738. The first-order valence-corrected chi connectivity index (χ1v) is 5.47. The summed E-state index contributed by atoms with van der Waals surface area (Å²) < 4.78 is 6.91. The third-order valence-corrected chi connectivity index (χ3v) is 3.26. The number of rotatable bonds is 1. The lowest BCUT2D eigenvalue weighted by Crippen LogP contribution is -2.51. The largest absolute Gasteiger partial charge is 0.491 e. The Bertz CT molecular complexity index is 564. The van der Waals surface area contributed by atoms with E-state index in [1.165, 1.54) is 7.11 Å². The molecule has 1 aromatic heterocycles. The summed E-state index contributed by atoms with van der Waals surface area (Å²) in [4.78, 5) is 25.6. The molecule has 0 spiro atoms. The van der Waals surface area contributed by atoms with Crippen molar-refractivity contribution in [3.8, 4) is 5.75 Å². The van der Waals surface area contributed by atoms with Gasteiger partial charge in [-0.1, -0.05) is 0 Å². The van der Waals surface area contributed by atoms with E-state index >= 15 is 0 Å². The standard InChI is InChI=1S/C11H13N3O3/c1-12-6-13-4-3-7-5-8(15)10(17-2)9(11(12)16)14(7)13/h5H,3-4,6H2,1-2H3. The van der Waals surface area contributed by atoms with Crippen molar-refractivity contribution in [3.63, 3.8) is 0 Å². The molecule has 17 heavy (non-hydrogen) atoms. The Morgan fingerprint density at radius 2 is 2.12 bits per heavy atom. The number of amides is 1. The normalized spacial score (nSPS) is 17.4. The number of pyridine rings is 1. The topological polar surface area (TPSA) is 54.8 Å². The van der Waals surface area contributed by atoms with E-state index in [9.17, 15) is 9.59 Å². The van der Waals surface area contributed by atoms with Crippen LogP contribution in [0.5, 0.6) is 5.75 Å². The predicted octanol–water partition coefficient (Wildman–Crippen LogP) is -0.606. The van der Waals surface area contributed by atoms with Crippen molar-refractivity contribution in [1.29, 1.82) is 0 Å². The van der Waals surface area contributed by atoms with E-state index in [4.69, 9.17) is 4.74 Å². The molecule has 0 unspecified atom stereocenters. The number of aromatic nitrogens is 1. The summed E-state index contributed by atoms with van der Waals surface area (Å²) in [7, 11) is 3.14. The average Bonchev–Trinajstić information content (AvgIpc) is 2.68. The van der Waals surface area contributed by atoms with Crippen LogP contribution >= 0.6 is 0 Å². The lowest BCUT2D eigenvalue weighted by Gasteiger charge is -2.35. The number of hydrogen-bond donors (Lipinski definition) is 0. The van der Waals surface area contributed by atoms with Gasteiger partial charge in [-0.05, 0) is 0 Å². The van der Waals surface area contributed by atoms with Gasteiger partial charge in [0.1, 0.15) is 6.67 Å². The van der Waals surface area contributed by atoms with Crippen molar-refractivity contribution < 1.29 is 9.53 Å². The van der Waals surface area contributed by atoms with Gasteiger partial charge in [-0.2, -0.15) is 0 Å². The summed E-state index contributed by atoms with van der Waals surface area (Å²) in [5, 5.41) is 2.04. The Kier molecular flexibility index (Phi) is 1.95. The third-order valence-electron chi connectivity index (χ3n) is 3.26. The van der Waals surface area contributed by atoms with Crippen LogP contribution in [0, 0.1) is 0 Å². The van der Waals surface area contributed by atoms with E-state index in [-0.39, 0.29) is 17.1 Å². The van der Waals surface area contributed by atoms with E-state index in [2.05, 4.69) is 0 Å². The molecular formula is C11H13N3O3. The first-order chi connectivity index (χ1) is 8.13. The van der Waals surface area contributed by atoms with E-state index in [1.54, 1.807) is 18.0 Å². The Morgan fingerprint density at radius 3 is 2.82 bits per heavy atom. The zero-order chi connectivity index (χ0) is 12.2. The first kappa shape index (κ1) is 10.2. The van der Waals surface area contributed by atoms with Gasteiger partial charge in [-0.15, -0.1) is 0 Å². The lowest BCUT2D eigenvalue weighted by atomic mass is 10.2. The molecule has 1 amide bonds. The van der Waals surface area contributed by atoms with Crippen LogP contribution in [-0.2, 0) is 6.42 Å². The molecule has 6 nitrogen and oxygen atoms in total. The molecule has 1 aromatic rings. The fourth-order valence-electron chi connectivity index (χ4n) is 2.49. The molecule has 0 N–H and O–H groups in total. The summed E-state index contributed by atoms with van der Waals surface area (Å²) in [6, 6.07) is 1.56. The van der Waals surface area contributed by atoms with Crippen LogP contribution in [0.3, 0.4) is 0 Å². The van der Waals surface area contributed by atoms with Crippen molar-refractivity contribution >= 4 is 5.91 Å². The number of hydrogen-bond acceptors (Lipinski definition) is 4. The van der Waals surface area contributed by atoms with Gasteiger partial charge >= 0.3 is 0 Å². The van der Waals surface area contributed by atoms with Crippen LogP contribution in [0.1, 0.15) is 16.2 Å². The van der Waals surface area contributed by atoms with Gasteiger partial charge in [0.2, 0.25) is 5.43 Å². The molecular weight excluding hydrogens is 222 g/mol. The number of nitrogens with zero attached hydrogens (tertiary/aromatic N) is 3. The number of carbonyl (C=O) groups is 1. The highest BCUT2D eigenvalue weighted by Crippen LogP contribution is 2.25. The van der Waals surface area contributed by atoms with Gasteiger partial charge < -0.3 is 9.64 Å². The molecule has 0 saturated heterocycles. The summed E-state index contributed by atoms with van der Waals surface area (Å²) in [6.45, 7) is 1.36. The maximum absolute atomic E-state index is 12.1. The quantitative estimate of drug-likeness (QED) is 0.652. The summed E-state index contributed by atoms with van der Waals surface area (Å²) in [5.74, 6) is -0.0313. The minimum absolute atomic E-state index is 0.136. The molecule has 3 rings (SSSR count). The van der Waals surface area contributed by atoms with Crippen LogP contribution in [0.4, 0.5) is 0 Å². The smallest absolute Gasteiger partial charge is 0.277 e. The zero-order valence-corrected chi connectivity index (χ0v) is 9.77. The van der Waals surface area contributed by atoms with Crippen molar-refractivity contribution in [2.24, 2.45) is 0 Å². The monoisotopic (exact) mass is 235 g/mol. The molecule has 3 heterocycles. The Labute approximate surface area is 98.0 Å². The second kappa shape index (κ2) is 3.26. The average molecular weight is 235 g/mol. The molecule has 0 aromatic carbocycles. The van der Waals surface area contributed by atoms with Crippen LogP contribution in [0.2, 0.25) is 0 Å².